The van der Waals surface area contributed by atoms with E-state index < -0.39 is 0 Å². The van der Waals surface area contributed by atoms with Crippen molar-refractivity contribution in [1.82, 2.24) is 19.4 Å². The molecule has 0 bridgehead atoms. The first-order chi connectivity index (χ1) is 18.2. The van der Waals surface area contributed by atoms with Crippen LogP contribution in [0.4, 0.5) is 0 Å². The largest absolute Gasteiger partial charge is 0.463 e. The number of rotatable bonds is 8. The highest BCUT2D eigenvalue weighted by Crippen LogP contribution is 2.24. The fourth-order valence-corrected chi connectivity index (χ4v) is 5.02. The molecule has 0 aliphatic heterocycles. The van der Waals surface area contributed by atoms with Gasteiger partial charge in [0.2, 0.25) is 0 Å². The highest BCUT2D eigenvalue weighted by atomic mass is 16.3. The van der Waals surface area contributed by atoms with Gasteiger partial charge in [-0.2, -0.15) is 0 Å². The minimum absolute atomic E-state index is 0.0273. The van der Waals surface area contributed by atoms with Crippen molar-refractivity contribution in [2.24, 2.45) is 0 Å². The minimum Gasteiger partial charge on any atom is -0.463 e. The third-order valence-corrected chi connectivity index (χ3v) is 7.18. The molecule has 0 spiro atoms. The highest BCUT2D eigenvalue weighted by Gasteiger charge is 2.19. The second kappa shape index (κ2) is 9.99. The first-order valence-electron chi connectivity index (χ1n) is 12.6. The smallest absolute Gasteiger partial charge is 0.197 e. The van der Waals surface area contributed by atoms with E-state index in [2.05, 4.69) is 32.4 Å². The van der Waals surface area contributed by atoms with Crippen molar-refractivity contribution in [1.29, 1.82) is 0 Å². The lowest BCUT2D eigenvalue weighted by Crippen LogP contribution is -2.34. The van der Waals surface area contributed by atoms with Crippen LogP contribution in [0.15, 0.2) is 107 Å². The summed E-state index contributed by atoms with van der Waals surface area (Å²) in [5.41, 5.74) is 4.64. The fraction of sp³-hybridized carbons (Fsp3) is 0.194. The fourth-order valence-electron chi connectivity index (χ4n) is 5.02. The van der Waals surface area contributed by atoms with Crippen LogP contribution in [0.25, 0.3) is 32.8 Å². The molecule has 6 aromatic rings. The molecule has 0 aliphatic rings. The van der Waals surface area contributed by atoms with E-state index in [0.717, 1.165) is 40.3 Å². The third-order valence-electron chi connectivity index (χ3n) is 7.18. The topological polar surface area (TPSA) is 64.2 Å². The Kier molecular flexibility index (Phi) is 6.25. The summed E-state index contributed by atoms with van der Waals surface area (Å²) in [6.45, 7) is 4.27. The van der Waals surface area contributed by atoms with Crippen LogP contribution in [-0.4, -0.2) is 25.5 Å². The van der Waals surface area contributed by atoms with Gasteiger partial charge in [0.1, 0.15) is 5.58 Å². The van der Waals surface area contributed by atoms with Gasteiger partial charge in [0.25, 0.3) is 0 Å². The number of aryl methyl sites for hydroxylation is 1. The third kappa shape index (κ3) is 4.63. The van der Waals surface area contributed by atoms with Gasteiger partial charge in [-0.1, -0.05) is 42.5 Å². The van der Waals surface area contributed by atoms with E-state index in [1.165, 1.54) is 0 Å². The molecule has 6 rings (SSSR count). The van der Waals surface area contributed by atoms with Gasteiger partial charge in [-0.15, -0.1) is 0 Å². The van der Waals surface area contributed by atoms with Crippen LogP contribution < -0.4 is 5.43 Å². The summed E-state index contributed by atoms with van der Waals surface area (Å²) in [5.74, 6) is 0. The highest BCUT2D eigenvalue weighted by molar-refractivity contribution is 6.03. The molecule has 0 amide bonds. The molecule has 1 atom stereocenters. The summed E-state index contributed by atoms with van der Waals surface area (Å²) >= 11 is 0. The number of benzene rings is 3. The van der Waals surface area contributed by atoms with Crippen LogP contribution in [0.2, 0.25) is 0 Å². The van der Waals surface area contributed by atoms with Crippen molar-refractivity contribution < 1.29 is 4.42 Å². The predicted octanol–water partition coefficient (Wildman–Crippen LogP) is 6.17. The van der Waals surface area contributed by atoms with Crippen molar-refractivity contribution in [2.75, 3.05) is 0 Å². The van der Waals surface area contributed by atoms with Gasteiger partial charge in [0, 0.05) is 49.0 Å². The summed E-state index contributed by atoms with van der Waals surface area (Å²) in [6, 6.07) is 24.3. The van der Waals surface area contributed by atoms with Crippen LogP contribution in [0, 0.1) is 0 Å². The number of fused-ring (bicyclic) bond motifs is 4. The van der Waals surface area contributed by atoms with E-state index in [1.54, 1.807) is 6.26 Å². The molecular formula is C31H28N4O2. The van der Waals surface area contributed by atoms with Crippen LogP contribution in [0.3, 0.4) is 0 Å². The molecule has 0 radical (unpaired) electrons. The lowest BCUT2D eigenvalue weighted by atomic mass is 10.0. The summed E-state index contributed by atoms with van der Waals surface area (Å²) in [5, 5.41) is 2.64. The van der Waals surface area contributed by atoms with Crippen LogP contribution in [0.1, 0.15) is 24.5 Å². The van der Waals surface area contributed by atoms with Gasteiger partial charge in [-0.25, -0.2) is 4.98 Å². The van der Waals surface area contributed by atoms with Crippen molar-refractivity contribution in [3.63, 3.8) is 0 Å². The van der Waals surface area contributed by atoms with E-state index in [-0.39, 0.29) is 11.5 Å². The van der Waals surface area contributed by atoms with Crippen molar-refractivity contribution >= 4 is 32.8 Å². The Labute approximate surface area is 214 Å². The van der Waals surface area contributed by atoms with Crippen molar-refractivity contribution in [3.05, 3.63) is 119 Å². The van der Waals surface area contributed by atoms with Crippen molar-refractivity contribution in [3.8, 4) is 0 Å². The van der Waals surface area contributed by atoms with Crippen LogP contribution >= 0.6 is 0 Å². The molecule has 0 fully saturated rings. The van der Waals surface area contributed by atoms with E-state index in [0.29, 0.717) is 29.6 Å². The Balaban J connectivity index is 1.29. The molecule has 3 aromatic carbocycles. The first-order valence-corrected chi connectivity index (χ1v) is 12.6. The molecule has 6 heteroatoms. The zero-order chi connectivity index (χ0) is 25.2. The number of hydrogen-bond donors (Lipinski definition) is 0. The number of pyridine rings is 1. The quantitative estimate of drug-likeness (QED) is 0.240. The lowest BCUT2D eigenvalue weighted by Gasteiger charge is -2.29. The SMILES string of the molecule is CC(CCn1cnc2ccccc21)N(Cc1ccncc1)Cc1coc2c(ccc3ccccc32)c1=O. The summed E-state index contributed by atoms with van der Waals surface area (Å²) in [4.78, 5) is 24.6. The Morgan fingerprint density at radius 1 is 0.919 bits per heavy atom. The maximum absolute atomic E-state index is 13.6. The summed E-state index contributed by atoms with van der Waals surface area (Å²) in [7, 11) is 0. The molecular weight excluding hydrogens is 460 g/mol. The Hall–Kier alpha value is -4.29. The average molecular weight is 489 g/mol. The normalized spacial score (nSPS) is 12.6. The molecule has 3 aromatic heterocycles. The van der Waals surface area contributed by atoms with Gasteiger partial charge in [-0.05, 0) is 54.6 Å². The standard InChI is InChI=1S/C31H28N4O2/c1-22(14-17-34-21-33-28-8-4-5-9-29(28)34)35(18-23-12-15-32-16-13-23)19-25-20-37-31-26-7-3-2-6-24(26)10-11-27(31)30(25)36/h2-13,15-16,20-22H,14,17-19H2,1H3. The maximum Gasteiger partial charge on any atom is 0.197 e. The Morgan fingerprint density at radius 3 is 2.62 bits per heavy atom. The molecule has 0 aliphatic carbocycles. The van der Waals surface area contributed by atoms with E-state index in [9.17, 15) is 4.79 Å². The minimum atomic E-state index is 0.0273. The van der Waals surface area contributed by atoms with Crippen LogP contribution in [-0.2, 0) is 19.6 Å². The van der Waals surface area contributed by atoms with Gasteiger partial charge in [0.15, 0.2) is 5.43 Å². The molecule has 0 saturated carbocycles. The predicted molar refractivity (Wildman–Crippen MR) is 147 cm³/mol. The van der Waals surface area contributed by atoms with Gasteiger partial charge < -0.3 is 8.98 Å². The van der Waals surface area contributed by atoms with Gasteiger partial charge in [-0.3, -0.25) is 14.7 Å². The molecule has 184 valence electrons. The molecule has 6 nitrogen and oxygen atoms in total. The van der Waals surface area contributed by atoms with Crippen LogP contribution in [0.5, 0.6) is 0 Å². The average Bonchev–Trinajstić information content (AvgIpc) is 3.36. The van der Waals surface area contributed by atoms with Crippen molar-refractivity contribution in [2.45, 2.75) is 39.0 Å². The second-order valence-corrected chi connectivity index (χ2v) is 9.58. The van der Waals surface area contributed by atoms with E-state index >= 15 is 0 Å². The number of para-hydroxylation sites is 2. The molecule has 0 N–H and O–H groups in total. The van der Waals surface area contributed by atoms with Gasteiger partial charge >= 0.3 is 0 Å². The van der Waals surface area contributed by atoms with Gasteiger partial charge in [0.05, 0.1) is 29.0 Å². The zero-order valence-electron chi connectivity index (χ0n) is 20.7. The first kappa shape index (κ1) is 23.1. The molecule has 0 saturated heterocycles. The maximum atomic E-state index is 13.6. The molecule has 37 heavy (non-hydrogen) atoms. The lowest BCUT2D eigenvalue weighted by molar-refractivity contribution is 0.175. The zero-order valence-corrected chi connectivity index (χ0v) is 20.7. The number of nitrogens with zero attached hydrogens (tertiary/aromatic N) is 4. The summed E-state index contributed by atoms with van der Waals surface area (Å²) < 4.78 is 8.29. The van der Waals surface area contributed by atoms with E-state index in [1.807, 2.05) is 85.5 Å². The Bertz CT molecular complexity index is 1740. The number of imidazole rings is 1. The molecule has 1 unspecified atom stereocenters. The number of hydrogen-bond acceptors (Lipinski definition) is 5. The number of aromatic nitrogens is 3. The summed E-state index contributed by atoms with van der Waals surface area (Å²) in [6.07, 6.45) is 8.09. The van der Waals surface area contributed by atoms with E-state index in [4.69, 9.17) is 4.42 Å². The monoisotopic (exact) mass is 488 g/mol. The molecule has 3 heterocycles. The second-order valence-electron chi connectivity index (χ2n) is 9.58. The Morgan fingerprint density at radius 2 is 1.73 bits per heavy atom.